The van der Waals surface area contributed by atoms with E-state index in [9.17, 15) is 4.79 Å². The Morgan fingerprint density at radius 3 is 2.76 bits per heavy atom. The third-order valence-corrected chi connectivity index (χ3v) is 2.83. The summed E-state index contributed by atoms with van der Waals surface area (Å²) < 4.78 is 1.52. The molecule has 0 aliphatic carbocycles. The fourth-order valence-electron chi connectivity index (χ4n) is 1.50. The average Bonchev–Trinajstić information content (AvgIpc) is 2.64. The maximum atomic E-state index is 10.8. The number of benzene rings is 1. The first-order chi connectivity index (χ1) is 8.09. The number of halogens is 1. The molecule has 0 amide bonds. The van der Waals surface area contributed by atoms with Gasteiger partial charge in [0.05, 0.1) is 12.2 Å². The van der Waals surface area contributed by atoms with Gasteiger partial charge in [-0.1, -0.05) is 35.0 Å². The van der Waals surface area contributed by atoms with Crippen molar-refractivity contribution < 1.29 is 9.90 Å². The van der Waals surface area contributed by atoms with Gasteiger partial charge in [-0.15, -0.1) is 5.10 Å². The number of aromatic carboxylic acids is 1. The Morgan fingerprint density at radius 1 is 1.47 bits per heavy atom. The van der Waals surface area contributed by atoms with Crippen molar-refractivity contribution in [3.63, 3.8) is 0 Å². The summed E-state index contributed by atoms with van der Waals surface area (Å²) in [6, 6.07) is 7.35. The Balaban J connectivity index is 2.31. The number of carbonyl (C=O) groups is 1. The minimum atomic E-state index is -1.08. The van der Waals surface area contributed by atoms with Crippen molar-refractivity contribution in [2.75, 3.05) is 0 Å². The second-order valence-corrected chi connectivity index (χ2v) is 3.98. The number of hydrogen-bond donors (Lipinski definition) is 1. The van der Waals surface area contributed by atoms with E-state index in [4.69, 9.17) is 16.7 Å². The molecule has 0 fully saturated rings. The molecule has 5 nitrogen and oxygen atoms in total. The molecule has 0 radical (unpaired) electrons. The number of nitrogens with zero attached hydrogens (tertiary/aromatic N) is 3. The van der Waals surface area contributed by atoms with Crippen LogP contribution >= 0.6 is 11.6 Å². The normalized spacial score (nSPS) is 10.5. The van der Waals surface area contributed by atoms with Crippen LogP contribution in [-0.4, -0.2) is 26.1 Å². The van der Waals surface area contributed by atoms with Crippen molar-refractivity contribution in [3.8, 4) is 0 Å². The molecule has 6 heteroatoms. The molecular weight excluding hydrogens is 242 g/mol. The van der Waals surface area contributed by atoms with Crippen LogP contribution in [0.2, 0.25) is 5.02 Å². The van der Waals surface area contributed by atoms with Crippen LogP contribution in [0.25, 0.3) is 0 Å². The van der Waals surface area contributed by atoms with Crippen molar-refractivity contribution in [1.82, 2.24) is 15.0 Å². The Bertz CT molecular complexity index is 566. The van der Waals surface area contributed by atoms with Gasteiger partial charge in [-0.25, -0.2) is 9.48 Å². The molecular formula is C11H10ClN3O2. The summed E-state index contributed by atoms with van der Waals surface area (Å²) in [4.78, 5) is 10.8. The molecule has 1 N–H and O–H groups in total. The molecule has 0 aliphatic rings. The summed E-state index contributed by atoms with van der Waals surface area (Å²) in [6.07, 6.45) is 0. The first-order valence-electron chi connectivity index (χ1n) is 4.96. The molecule has 0 bridgehead atoms. The van der Waals surface area contributed by atoms with Gasteiger partial charge in [0.25, 0.3) is 0 Å². The van der Waals surface area contributed by atoms with E-state index < -0.39 is 5.97 Å². The van der Waals surface area contributed by atoms with Crippen LogP contribution in [0, 0.1) is 6.92 Å². The predicted molar refractivity (Wildman–Crippen MR) is 62.3 cm³/mol. The minimum Gasteiger partial charge on any atom is -0.476 e. The standard InChI is InChI=1S/C11H10ClN3O2/c1-7-10(11(16)17)13-14-15(7)6-8-4-2-3-5-9(8)12/h2-5H,6H2,1H3,(H,16,17). The zero-order valence-corrected chi connectivity index (χ0v) is 9.85. The highest BCUT2D eigenvalue weighted by Crippen LogP contribution is 2.16. The highest BCUT2D eigenvalue weighted by molar-refractivity contribution is 6.31. The lowest BCUT2D eigenvalue weighted by Gasteiger charge is -2.05. The fraction of sp³-hybridized carbons (Fsp3) is 0.182. The molecule has 1 aromatic carbocycles. The van der Waals surface area contributed by atoms with Crippen molar-refractivity contribution in [1.29, 1.82) is 0 Å². The van der Waals surface area contributed by atoms with Crippen LogP contribution in [0.3, 0.4) is 0 Å². The van der Waals surface area contributed by atoms with Crippen LogP contribution in [0.15, 0.2) is 24.3 Å². The van der Waals surface area contributed by atoms with Crippen molar-refractivity contribution in [3.05, 3.63) is 46.2 Å². The van der Waals surface area contributed by atoms with E-state index in [1.807, 2.05) is 18.2 Å². The molecule has 17 heavy (non-hydrogen) atoms. The van der Waals surface area contributed by atoms with Crippen molar-refractivity contribution in [2.45, 2.75) is 13.5 Å². The zero-order chi connectivity index (χ0) is 12.4. The molecule has 1 aromatic heterocycles. The highest BCUT2D eigenvalue weighted by atomic mass is 35.5. The minimum absolute atomic E-state index is 0.0305. The molecule has 88 valence electrons. The topological polar surface area (TPSA) is 68.0 Å². The number of aromatic nitrogens is 3. The Hall–Kier alpha value is -1.88. The average molecular weight is 252 g/mol. The van der Waals surface area contributed by atoms with Crippen LogP contribution in [0.5, 0.6) is 0 Å². The van der Waals surface area contributed by atoms with Crippen LogP contribution in [0.1, 0.15) is 21.7 Å². The molecule has 0 saturated heterocycles. The van der Waals surface area contributed by atoms with Gasteiger partial charge in [0, 0.05) is 5.02 Å². The number of carboxylic acids is 1. The molecule has 0 unspecified atom stereocenters. The Morgan fingerprint density at radius 2 is 2.18 bits per heavy atom. The van der Waals surface area contributed by atoms with Gasteiger partial charge in [-0.2, -0.15) is 0 Å². The van der Waals surface area contributed by atoms with E-state index in [0.29, 0.717) is 17.3 Å². The summed E-state index contributed by atoms with van der Waals surface area (Å²) in [5.74, 6) is -1.08. The highest BCUT2D eigenvalue weighted by Gasteiger charge is 2.15. The first-order valence-corrected chi connectivity index (χ1v) is 5.34. The van der Waals surface area contributed by atoms with E-state index in [1.54, 1.807) is 13.0 Å². The first kappa shape index (κ1) is 11.6. The molecule has 0 spiro atoms. The third kappa shape index (κ3) is 2.29. The quantitative estimate of drug-likeness (QED) is 0.906. The summed E-state index contributed by atoms with van der Waals surface area (Å²) in [7, 11) is 0. The molecule has 2 rings (SSSR count). The van der Waals surface area contributed by atoms with Crippen molar-refractivity contribution in [2.24, 2.45) is 0 Å². The maximum Gasteiger partial charge on any atom is 0.358 e. The second kappa shape index (κ2) is 4.55. The summed E-state index contributed by atoms with van der Waals surface area (Å²) in [6.45, 7) is 2.08. The van der Waals surface area contributed by atoms with Gasteiger partial charge in [0.1, 0.15) is 0 Å². The van der Waals surface area contributed by atoms with Gasteiger partial charge in [-0.3, -0.25) is 0 Å². The summed E-state index contributed by atoms with van der Waals surface area (Å²) in [5, 5.41) is 16.9. The van der Waals surface area contributed by atoms with E-state index in [1.165, 1.54) is 4.68 Å². The van der Waals surface area contributed by atoms with Gasteiger partial charge in [0.15, 0.2) is 5.69 Å². The van der Waals surface area contributed by atoms with Gasteiger partial charge in [-0.05, 0) is 18.6 Å². The van der Waals surface area contributed by atoms with Crippen LogP contribution in [0.4, 0.5) is 0 Å². The largest absolute Gasteiger partial charge is 0.476 e. The van der Waals surface area contributed by atoms with E-state index in [-0.39, 0.29) is 5.69 Å². The van der Waals surface area contributed by atoms with E-state index >= 15 is 0 Å². The molecule has 0 atom stereocenters. The number of rotatable bonds is 3. The van der Waals surface area contributed by atoms with Crippen LogP contribution < -0.4 is 0 Å². The smallest absolute Gasteiger partial charge is 0.358 e. The summed E-state index contributed by atoms with van der Waals surface area (Å²) in [5.41, 5.74) is 1.36. The predicted octanol–water partition coefficient (Wildman–Crippen LogP) is 1.99. The molecule has 0 saturated carbocycles. The van der Waals surface area contributed by atoms with Crippen molar-refractivity contribution >= 4 is 17.6 Å². The molecule has 2 aromatic rings. The van der Waals surface area contributed by atoms with E-state index in [0.717, 1.165) is 5.56 Å². The SMILES string of the molecule is Cc1c(C(=O)O)nnn1Cc1ccccc1Cl. The number of carboxylic acid groups (broad SMARTS) is 1. The second-order valence-electron chi connectivity index (χ2n) is 3.58. The lowest BCUT2D eigenvalue weighted by Crippen LogP contribution is -2.06. The van der Waals surface area contributed by atoms with E-state index in [2.05, 4.69) is 10.3 Å². The van der Waals surface area contributed by atoms with Gasteiger partial charge in [0.2, 0.25) is 0 Å². The Labute approximate surface area is 103 Å². The van der Waals surface area contributed by atoms with Crippen LogP contribution in [-0.2, 0) is 6.54 Å². The third-order valence-electron chi connectivity index (χ3n) is 2.46. The molecule has 0 aliphatic heterocycles. The Kier molecular flexibility index (Phi) is 3.10. The number of hydrogen-bond acceptors (Lipinski definition) is 3. The van der Waals surface area contributed by atoms with Gasteiger partial charge >= 0.3 is 5.97 Å². The lowest BCUT2D eigenvalue weighted by atomic mass is 10.2. The summed E-state index contributed by atoms with van der Waals surface area (Å²) >= 11 is 6.02. The molecule has 1 heterocycles. The zero-order valence-electron chi connectivity index (χ0n) is 9.09. The lowest BCUT2D eigenvalue weighted by molar-refractivity contribution is 0.0689. The maximum absolute atomic E-state index is 10.8. The van der Waals surface area contributed by atoms with Gasteiger partial charge < -0.3 is 5.11 Å². The monoisotopic (exact) mass is 251 g/mol. The fourth-order valence-corrected chi connectivity index (χ4v) is 1.69.